The second kappa shape index (κ2) is 7.04. The van der Waals surface area contributed by atoms with E-state index in [2.05, 4.69) is 20.3 Å². The van der Waals surface area contributed by atoms with Crippen molar-refractivity contribution in [2.75, 3.05) is 0 Å². The summed E-state index contributed by atoms with van der Waals surface area (Å²) in [5.74, 6) is 1.85. The van der Waals surface area contributed by atoms with Crippen LogP contribution >= 0.6 is 0 Å². The Bertz CT molecular complexity index is 841. The molecule has 0 radical (unpaired) electrons. The molecule has 0 spiro atoms. The summed E-state index contributed by atoms with van der Waals surface area (Å²) in [6.45, 7) is 5.71. The summed E-state index contributed by atoms with van der Waals surface area (Å²) >= 11 is 0. The van der Waals surface area contributed by atoms with Crippen molar-refractivity contribution in [1.29, 1.82) is 0 Å². The summed E-state index contributed by atoms with van der Waals surface area (Å²) in [5.41, 5.74) is 2.02. The lowest BCUT2D eigenvalue weighted by molar-refractivity contribution is 0.390. The smallest absolute Gasteiger partial charge is 0.239 e. The Morgan fingerprint density at radius 1 is 1.17 bits per heavy atom. The van der Waals surface area contributed by atoms with Gasteiger partial charge in [0.05, 0.1) is 0 Å². The molecule has 24 heavy (non-hydrogen) atoms. The lowest BCUT2D eigenvalue weighted by atomic mass is 10.1. The molecule has 0 amide bonds. The number of rotatable bonds is 6. The number of nitrogens with zero attached hydrogens (tertiary/aromatic N) is 4. The molecule has 2 unspecified atom stereocenters. The van der Waals surface area contributed by atoms with Crippen LogP contribution in [0.5, 0.6) is 0 Å². The standard InChI is InChI=1S/C16H18N4O3S/c1-4-13-18-19-16(22-13)11(3)24(21)9-14-17-15(20-23-14)12-7-5-10(2)6-8-12/h5-8,11H,4,9H2,1-3H3. The van der Waals surface area contributed by atoms with Gasteiger partial charge in [0.25, 0.3) is 0 Å². The zero-order valence-corrected chi connectivity index (χ0v) is 14.5. The van der Waals surface area contributed by atoms with Gasteiger partial charge >= 0.3 is 0 Å². The number of benzene rings is 1. The predicted molar refractivity (Wildman–Crippen MR) is 88.4 cm³/mol. The molecule has 0 aliphatic carbocycles. The van der Waals surface area contributed by atoms with Crippen LogP contribution in [0.15, 0.2) is 33.2 Å². The van der Waals surface area contributed by atoms with Gasteiger partial charge in [-0.25, -0.2) is 0 Å². The van der Waals surface area contributed by atoms with E-state index in [1.54, 1.807) is 6.92 Å². The van der Waals surface area contributed by atoms with Crippen molar-refractivity contribution >= 4 is 10.8 Å². The van der Waals surface area contributed by atoms with E-state index in [4.69, 9.17) is 8.94 Å². The first-order valence-corrected chi connectivity index (χ1v) is 9.04. The molecule has 1 aromatic carbocycles. The zero-order valence-electron chi connectivity index (χ0n) is 13.7. The molecular weight excluding hydrogens is 328 g/mol. The Morgan fingerprint density at radius 3 is 2.58 bits per heavy atom. The lowest BCUT2D eigenvalue weighted by Crippen LogP contribution is -2.06. The van der Waals surface area contributed by atoms with Gasteiger partial charge in [-0.3, -0.25) is 4.21 Å². The fourth-order valence-electron chi connectivity index (χ4n) is 2.07. The Morgan fingerprint density at radius 2 is 1.92 bits per heavy atom. The fourth-order valence-corrected chi connectivity index (χ4v) is 3.00. The van der Waals surface area contributed by atoms with Crippen LogP contribution in [-0.4, -0.2) is 24.5 Å². The average Bonchev–Trinajstić information content (AvgIpc) is 3.24. The van der Waals surface area contributed by atoms with Crippen molar-refractivity contribution in [1.82, 2.24) is 20.3 Å². The molecule has 0 bridgehead atoms. The summed E-state index contributed by atoms with van der Waals surface area (Å²) in [5, 5.41) is 11.4. The molecule has 0 N–H and O–H groups in total. The molecule has 3 aromatic rings. The van der Waals surface area contributed by atoms with Crippen LogP contribution in [0.1, 0.15) is 42.3 Å². The molecular formula is C16H18N4O3S. The van der Waals surface area contributed by atoms with Gasteiger partial charge in [0, 0.05) is 22.8 Å². The highest BCUT2D eigenvalue weighted by molar-refractivity contribution is 7.84. The van der Waals surface area contributed by atoms with E-state index in [-0.39, 0.29) is 5.75 Å². The summed E-state index contributed by atoms with van der Waals surface area (Å²) in [4.78, 5) is 4.31. The lowest BCUT2D eigenvalue weighted by Gasteiger charge is -2.04. The van der Waals surface area contributed by atoms with Crippen LogP contribution in [0.2, 0.25) is 0 Å². The van der Waals surface area contributed by atoms with Crippen molar-refractivity contribution in [3.63, 3.8) is 0 Å². The molecule has 126 valence electrons. The molecule has 0 fully saturated rings. The first-order valence-electron chi connectivity index (χ1n) is 7.66. The van der Waals surface area contributed by atoms with E-state index in [0.29, 0.717) is 29.9 Å². The third-order valence-corrected chi connectivity index (χ3v) is 5.09. The highest BCUT2D eigenvalue weighted by atomic mass is 32.2. The number of aromatic nitrogens is 4. The van der Waals surface area contributed by atoms with Gasteiger partial charge in [0.15, 0.2) is 0 Å². The molecule has 3 rings (SSSR count). The quantitative estimate of drug-likeness (QED) is 0.677. The van der Waals surface area contributed by atoms with E-state index >= 15 is 0 Å². The molecule has 0 aliphatic heterocycles. The van der Waals surface area contributed by atoms with Gasteiger partial charge in [-0.05, 0) is 13.8 Å². The van der Waals surface area contributed by atoms with Crippen LogP contribution in [0.25, 0.3) is 11.4 Å². The fraction of sp³-hybridized carbons (Fsp3) is 0.375. The molecule has 2 heterocycles. The second-order valence-electron chi connectivity index (χ2n) is 5.43. The SMILES string of the molecule is CCc1nnc(C(C)S(=O)Cc2nc(-c3ccc(C)cc3)no2)o1. The van der Waals surface area contributed by atoms with E-state index in [1.165, 1.54) is 0 Å². The first kappa shape index (κ1) is 16.5. The molecule has 2 aromatic heterocycles. The van der Waals surface area contributed by atoms with E-state index in [0.717, 1.165) is 11.1 Å². The summed E-state index contributed by atoms with van der Waals surface area (Å²) < 4.78 is 23.1. The van der Waals surface area contributed by atoms with Crippen LogP contribution < -0.4 is 0 Å². The summed E-state index contributed by atoms with van der Waals surface area (Å²) in [6, 6.07) is 7.81. The highest BCUT2D eigenvalue weighted by Crippen LogP contribution is 2.22. The second-order valence-corrected chi connectivity index (χ2v) is 7.19. The molecule has 0 aliphatic rings. The molecule has 8 heteroatoms. The zero-order chi connectivity index (χ0) is 17.1. The predicted octanol–water partition coefficient (Wildman–Crippen LogP) is 3.00. The maximum absolute atomic E-state index is 12.5. The van der Waals surface area contributed by atoms with Gasteiger partial charge in [-0.1, -0.05) is 41.9 Å². The van der Waals surface area contributed by atoms with Crippen molar-refractivity contribution in [3.8, 4) is 11.4 Å². The topological polar surface area (TPSA) is 94.9 Å². The van der Waals surface area contributed by atoms with E-state index < -0.39 is 16.0 Å². The minimum atomic E-state index is -1.29. The third-order valence-electron chi connectivity index (χ3n) is 3.57. The third kappa shape index (κ3) is 3.59. The largest absolute Gasteiger partial charge is 0.424 e. The van der Waals surface area contributed by atoms with Crippen molar-refractivity contribution in [3.05, 3.63) is 47.5 Å². The maximum atomic E-state index is 12.5. The minimum Gasteiger partial charge on any atom is -0.424 e. The average molecular weight is 346 g/mol. The van der Waals surface area contributed by atoms with Gasteiger partial charge in [0.2, 0.25) is 23.5 Å². The van der Waals surface area contributed by atoms with E-state index in [1.807, 2.05) is 38.1 Å². The van der Waals surface area contributed by atoms with Crippen LogP contribution in [0.4, 0.5) is 0 Å². The van der Waals surface area contributed by atoms with Crippen LogP contribution in [0, 0.1) is 6.92 Å². The van der Waals surface area contributed by atoms with Crippen molar-refractivity contribution in [2.24, 2.45) is 0 Å². The Kier molecular flexibility index (Phi) is 4.84. The van der Waals surface area contributed by atoms with Crippen LogP contribution in [0.3, 0.4) is 0 Å². The molecule has 0 saturated heterocycles. The van der Waals surface area contributed by atoms with Crippen LogP contribution in [-0.2, 0) is 23.0 Å². The van der Waals surface area contributed by atoms with Gasteiger partial charge < -0.3 is 8.94 Å². The Hall–Kier alpha value is -2.35. The van der Waals surface area contributed by atoms with Crippen molar-refractivity contribution < 1.29 is 13.1 Å². The van der Waals surface area contributed by atoms with Gasteiger partial charge in [-0.2, -0.15) is 4.98 Å². The highest BCUT2D eigenvalue weighted by Gasteiger charge is 2.22. The number of hydrogen-bond donors (Lipinski definition) is 0. The minimum absolute atomic E-state index is 0.143. The normalized spacial score (nSPS) is 13.8. The number of hydrogen-bond acceptors (Lipinski definition) is 7. The first-order chi connectivity index (χ1) is 11.6. The number of aryl methyl sites for hydroxylation is 2. The van der Waals surface area contributed by atoms with Gasteiger partial charge in [0.1, 0.15) is 11.0 Å². The molecule has 2 atom stereocenters. The summed E-state index contributed by atoms with van der Waals surface area (Å²) in [7, 11) is -1.29. The Balaban J connectivity index is 1.69. The van der Waals surface area contributed by atoms with Gasteiger partial charge in [-0.15, -0.1) is 10.2 Å². The summed E-state index contributed by atoms with van der Waals surface area (Å²) in [6.07, 6.45) is 0.649. The molecule has 7 nitrogen and oxygen atoms in total. The Labute approximate surface area is 141 Å². The molecule has 0 saturated carbocycles. The maximum Gasteiger partial charge on any atom is 0.239 e. The van der Waals surface area contributed by atoms with E-state index in [9.17, 15) is 4.21 Å². The monoisotopic (exact) mass is 346 g/mol. The van der Waals surface area contributed by atoms with Crippen molar-refractivity contribution in [2.45, 2.75) is 38.2 Å².